The Hall–Kier alpha value is -0.450. The van der Waals surface area contributed by atoms with Crippen LogP contribution in [0.2, 0.25) is 0 Å². The number of amides is 1. The summed E-state index contributed by atoms with van der Waals surface area (Å²) in [6.45, 7) is 9.90. The van der Waals surface area contributed by atoms with Gasteiger partial charge in [0, 0.05) is 13.0 Å². The topological polar surface area (TPSA) is 47.8 Å². The predicted molar refractivity (Wildman–Crippen MR) is 117 cm³/mol. The summed E-state index contributed by atoms with van der Waals surface area (Å²) in [4.78, 5) is 14.2. The molecule has 0 aliphatic carbocycles. The maximum atomic E-state index is 11.9. The number of rotatable bonds is 20. The van der Waals surface area contributed by atoms with Crippen LogP contribution >= 0.6 is 0 Å². The van der Waals surface area contributed by atoms with Crippen LogP contribution in [-0.4, -0.2) is 37.0 Å². The Bertz CT molecular complexity index is 320. The Kier molecular flexibility index (Phi) is 20.0. The van der Waals surface area contributed by atoms with Crippen LogP contribution in [-0.2, 0) is 4.79 Å². The molecule has 0 saturated heterocycles. The Morgan fingerprint density at radius 2 is 1.15 bits per heavy atom. The molecule has 0 heterocycles. The molecule has 0 aliphatic rings. The van der Waals surface area contributed by atoms with Crippen molar-refractivity contribution in [2.24, 2.45) is 0 Å². The van der Waals surface area contributed by atoms with Gasteiger partial charge in [0.25, 0.3) is 0 Å². The highest BCUT2D eigenvalue weighted by molar-refractivity contribution is 5.66. The zero-order chi connectivity index (χ0) is 20.2. The van der Waals surface area contributed by atoms with Crippen LogP contribution in [0.15, 0.2) is 0 Å². The lowest BCUT2D eigenvalue weighted by Crippen LogP contribution is -3.10. The molecule has 0 aromatic heterocycles. The van der Waals surface area contributed by atoms with Gasteiger partial charge in [0.15, 0.2) is 0 Å². The summed E-state index contributed by atoms with van der Waals surface area (Å²) in [5.74, 6) is -0.141. The summed E-state index contributed by atoms with van der Waals surface area (Å²) in [6, 6.07) is 0. The van der Waals surface area contributed by atoms with E-state index in [9.17, 15) is 10.0 Å². The SMILES string of the molecule is CCCCCCCCCCCCCCCC(=O)[NH+]([O-])CCCN(CC)CC. The molecule has 4 nitrogen and oxygen atoms in total. The van der Waals surface area contributed by atoms with E-state index in [0.29, 0.717) is 13.0 Å². The first kappa shape index (κ1) is 26.6. The van der Waals surface area contributed by atoms with Crippen molar-refractivity contribution in [2.75, 3.05) is 26.2 Å². The summed E-state index contributed by atoms with van der Waals surface area (Å²) in [7, 11) is 0. The second kappa shape index (κ2) is 20.3. The van der Waals surface area contributed by atoms with Gasteiger partial charge in [-0.1, -0.05) is 97.8 Å². The molecule has 0 bridgehead atoms. The van der Waals surface area contributed by atoms with Crippen LogP contribution in [0.25, 0.3) is 0 Å². The lowest BCUT2D eigenvalue weighted by molar-refractivity contribution is -0.765. The molecule has 27 heavy (non-hydrogen) atoms. The Labute approximate surface area is 169 Å². The molecular formula is C23H48N2O2. The molecule has 0 saturated carbocycles. The minimum atomic E-state index is -0.152. The summed E-state index contributed by atoms with van der Waals surface area (Å²) in [6.07, 6.45) is 18.2. The van der Waals surface area contributed by atoms with Gasteiger partial charge in [-0.05, 0) is 19.5 Å². The van der Waals surface area contributed by atoms with Crippen molar-refractivity contribution in [3.05, 3.63) is 5.21 Å². The molecule has 0 rings (SSSR count). The highest BCUT2D eigenvalue weighted by Gasteiger charge is 2.10. The zero-order valence-corrected chi connectivity index (χ0v) is 18.7. The molecular weight excluding hydrogens is 336 g/mol. The number of nitrogens with zero attached hydrogens (tertiary/aromatic N) is 1. The third-order valence-corrected chi connectivity index (χ3v) is 5.59. The van der Waals surface area contributed by atoms with Crippen LogP contribution in [0, 0.1) is 5.21 Å². The van der Waals surface area contributed by atoms with E-state index in [0.717, 1.165) is 38.9 Å². The van der Waals surface area contributed by atoms with Crippen LogP contribution in [0.5, 0.6) is 0 Å². The van der Waals surface area contributed by atoms with E-state index in [1.807, 2.05) is 0 Å². The molecule has 1 unspecified atom stereocenters. The minimum Gasteiger partial charge on any atom is -0.627 e. The van der Waals surface area contributed by atoms with Gasteiger partial charge in [0.2, 0.25) is 0 Å². The van der Waals surface area contributed by atoms with Crippen molar-refractivity contribution in [3.63, 3.8) is 0 Å². The van der Waals surface area contributed by atoms with E-state index in [2.05, 4.69) is 25.7 Å². The van der Waals surface area contributed by atoms with Crippen molar-refractivity contribution in [1.82, 2.24) is 4.90 Å². The van der Waals surface area contributed by atoms with Crippen molar-refractivity contribution in [1.29, 1.82) is 0 Å². The molecule has 1 N–H and O–H groups in total. The summed E-state index contributed by atoms with van der Waals surface area (Å²) < 4.78 is 0. The van der Waals surface area contributed by atoms with Gasteiger partial charge in [-0.3, -0.25) is 0 Å². The quantitative estimate of drug-likeness (QED) is 0.234. The Morgan fingerprint density at radius 1 is 0.704 bits per heavy atom. The van der Waals surface area contributed by atoms with Gasteiger partial charge in [0.1, 0.15) is 0 Å². The Morgan fingerprint density at radius 3 is 1.59 bits per heavy atom. The third kappa shape index (κ3) is 17.4. The smallest absolute Gasteiger partial charge is 0.312 e. The van der Waals surface area contributed by atoms with Crippen LogP contribution in [0.3, 0.4) is 0 Å². The fourth-order valence-corrected chi connectivity index (χ4v) is 3.59. The van der Waals surface area contributed by atoms with E-state index >= 15 is 0 Å². The number of hydroxylamine groups is 2. The monoisotopic (exact) mass is 384 g/mol. The lowest BCUT2D eigenvalue weighted by atomic mass is 10.0. The number of hydrogen-bond donors (Lipinski definition) is 1. The van der Waals surface area contributed by atoms with E-state index in [1.54, 1.807) is 0 Å². The predicted octanol–water partition coefficient (Wildman–Crippen LogP) is 5.11. The minimum absolute atomic E-state index is 0.141. The lowest BCUT2D eigenvalue weighted by Gasteiger charge is -2.22. The second-order valence-electron chi connectivity index (χ2n) is 7.97. The summed E-state index contributed by atoms with van der Waals surface area (Å²) >= 11 is 0. The molecule has 0 aliphatic heterocycles. The highest BCUT2D eigenvalue weighted by Crippen LogP contribution is 2.12. The van der Waals surface area contributed by atoms with E-state index in [1.165, 1.54) is 70.6 Å². The maximum absolute atomic E-state index is 11.9. The van der Waals surface area contributed by atoms with Gasteiger partial charge >= 0.3 is 5.91 Å². The molecule has 0 aromatic rings. The molecule has 0 fully saturated rings. The summed E-state index contributed by atoms with van der Waals surface area (Å²) in [5, 5.41) is 11.7. The average molecular weight is 385 g/mol. The summed E-state index contributed by atoms with van der Waals surface area (Å²) in [5.41, 5.74) is 0. The first-order chi connectivity index (χ1) is 13.2. The van der Waals surface area contributed by atoms with E-state index in [-0.39, 0.29) is 11.0 Å². The fraction of sp³-hybridized carbons (Fsp3) is 0.957. The number of carbonyl (C=O) groups is 1. The first-order valence-corrected chi connectivity index (χ1v) is 11.9. The Balaban J connectivity index is 3.37. The van der Waals surface area contributed by atoms with Crippen molar-refractivity contribution in [3.8, 4) is 0 Å². The van der Waals surface area contributed by atoms with Gasteiger partial charge in [-0.2, -0.15) is 0 Å². The number of quaternary nitrogens is 1. The second-order valence-corrected chi connectivity index (χ2v) is 7.97. The molecule has 4 heteroatoms. The standard InChI is InChI=1S/C23H48N2O2/c1-4-7-8-9-10-11-12-13-14-15-16-17-18-20-23(26)25(27)22-19-21-24(5-2)6-3/h25H,4-22H2,1-3H3. The van der Waals surface area contributed by atoms with Crippen molar-refractivity contribution < 1.29 is 9.86 Å². The third-order valence-electron chi connectivity index (χ3n) is 5.59. The van der Waals surface area contributed by atoms with E-state index in [4.69, 9.17) is 0 Å². The van der Waals surface area contributed by atoms with Crippen LogP contribution in [0.4, 0.5) is 0 Å². The molecule has 1 atom stereocenters. The maximum Gasteiger partial charge on any atom is 0.312 e. The van der Waals surface area contributed by atoms with Crippen molar-refractivity contribution in [2.45, 2.75) is 117 Å². The molecule has 0 radical (unpaired) electrons. The van der Waals surface area contributed by atoms with Gasteiger partial charge in [0.05, 0.1) is 13.0 Å². The zero-order valence-electron chi connectivity index (χ0n) is 18.7. The molecule has 0 spiro atoms. The van der Waals surface area contributed by atoms with Crippen molar-refractivity contribution >= 4 is 5.91 Å². The van der Waals surface area contributed by atoms with Gasteiger partial charge in [-0.15, -0.1) is 0 Å². The van der Waals surface area contributed by atoms with Gasteiger partial charge < -0.3 is 15.2 Å². The van der Waals surface area contributed by atoms with Crippen LogP contribution in [0.1, 0.15) is 117 Å². The van der Waals surface area contributed by atoms with Gasteiger partial charge in [-0.25, -0.2) is 4.79 Å². The molecule has 0 aromatic carbocycles. The van der Waals surface area contributed by atoms with E-state index < -0.39 is 0 Å². The van der Waals surface area contributed by atoms with Crippen LogP contribution < -0.4 is 5.06 Å². The number of nitrogens with one attached hydrogen (secondary N) is 1. The number of unbranched alkanes of at least 4 members (excludes halogenated alkanes) is 12. The fourth-order valence-electron chi connectivity index (χ4n) is 3.59. The molecule has 162 valence electrons. The first-order valence-electron chi connectivity index (χ1n) is 11.9. The number of carbonyl (C=O) groups excluding carboxylic acids is 1. The number of hydrogen-bond acceptors (Lipinski definition) is 3. The normalized spacial score (nSPS) is 12.6. The average Bonchev–Trinajstić information content (AvgIpc) is 2.68. The molecule has 1 amide bonds. The largest absolute Gasteiger partial charge is 0.627 e. The highest BCUT2D eigenvalue weighted by atomic mass is 16.5.